The average Bonchev–Trinajstić information content (AvgIpc) is 3.38. The Hall–Kier alpha value is -3.86. The van der Waals surface area contributed by atoms with Crippen LogP contribution in [0.5, 0.6) is 0 Å². The Morgan fingerprint density at radius 3 is 2.63 bits per heavy atom. The lowest BCUT2D eigenvalue weighted by Crippen LogP contribution is -2.26. The summed E-state index contributed by atoms with van der Waals surface area (Å²) in [6.07, 6.45) is 5.06. The largest absolute Gasteiger partial charge is 0.432 e. The molecule has 0 aliphatic carbocycles. The van der Waals surface area contributed by atoms with Gasteiger partial charge in [0.25, 0.3) is 5.91 Å². The summed E-state index contributed by atoms with van der Waals surface area (Å²) < 4.78 is 7.16. The van der Waals surface area contributed by atoms with E-state index in [1.165, 1.54) is 5.56 Å². The second-order valence-electron chi connectivity index (χ2n) is 7.27. The Balaban J connectivity index is 1.40. The molecule has 0 atom stereocenters. The summed E-state index contributed by atoms with van der Waals surface area (Å²) in [5, 5.41) is 5.30. The van der Waals surface area contributed by atoms with Gasteiger partial charge in [0.05, 0.1) is 0 Å². The van der Waals surface area contributed by atoms with Crippen LogP contribution in [0.15, 0.2) is 89.7 Å². The van der Waals surface area contributed by atoms with Crippen molar-refractivity contribution in [3.8, 4) is 11.3 Å². The first-order chi connectivity index (χ1) is 14.8. The van der Waals surface area contributed by atoms with Crippen molar-refractivity contribution in [2.24, 2.45) is 0 Å². The average molecular weight is 395 g/mol. The number of nitrogens with one attached hydrogen (secondary N) is 1. The standard InChI is InChI=1S/C25H21N3O2/c29-24(26-14-6-9-18-7-2-1-3-8-18)23-22(27-25-28(23)15-16-30-25)21-13-12-19-10-4-5-11-20(19)17-21/h1-5,7-8,10-13,15-17H,6,9,14H2,(H,26,29). The summed E-state index contributed by atoms with van der Waals surface area (Å²) in [7, 11) is 0. The number of hydrogen-bond acceptors (Lipinski definition) is 3. The highest BCUT2D eigenvalue weighted by atomic mass is 16.3. The molecule has 1 N–H and O–H groups in total. The summed E-state index contributed by atoms with van der Waals surface area (Å²) in [4.78, 5) is 17.7. The SMILES string of the molecule is O=C(NCCCc1ccccc1)c1c(-c2ccc3ccccc3c2)nc2occn12. The number of carbonyl (C=O) groups is 1. The van der Waals surface area contributed by atoms with E-state index >= 15 is 0 Å². The van der Waals surface area contributed by atoms with Crippen LogP contribution in [-0.2, 0) is 6.42 Å². The second kappa shape index (κ2) is 7.87. The van der Waals surface area contributed by atoms with Gasteiger partial charge in [-0.15, -0.1) is 0 Å². The normalized spacial score (nSPS) is 11.2. The van der Waals surface area contributed by atoms with E-state index in [1.807, 2.05) is 42.5 Å². The molecule has 0 saturated heterocycles. The zero-order chi connectivity index (χ0) is 20.3. The first kappa shape index (κ1) is 18.2. The molecule has 0 aliphatic heterocycles. The molecule has 3 aromatic carbocycles. The summed E-state index contributed by atoms with van der Waals surface area (Å²) >= 11 is 0. The molecule has 0 unspecified atom stereocenters. The van der Waals surface area contributed by atoms with Crippen LogP contribution in [0.25, 0.3) is 27.9 Å². The number of carbonyl (C=O) groups excluding carboxylic acids is 1. The lowest BCUT2D eigenvalue weighted by molar-refractivity contribution is 0.0948. The molecule has 2 heterocycles. The van der Waals surface area contributed by atoms with Gasteiger partial charge >= 0.3 is 5.84 Å². The van der Waals surface area contributed by atoms with E-state index in [2.05, 4.69) is 40.6 Å². The topological polar surface area (TPSA) is 59.5 Å². The summed E-state index contributed by atoms with van der Waals surface area (Å²) in [6, 6.07) is 24.5. The Kier molecular flexibility index (Phi) is 4.77. The van der Waals surface area contributed by atoms with Gasteiger partial charge in [-0.2, -0.15) is 4.98 Å². The van der Waals surface area contributed by atoms with Crippen molar-refractivity contribution in [2.45, 2.75) is 12.8 Å². The van der Waals surface area contributed by atoms with Gasteiger partial charge in [-0.3, -0.25) is 9.20 Å². The van der Waals surface area contributed by atoms with Gasteiger partial charge in [-0.1, -0.05) is 66.7 Å². The van der Waals surface area contributed by atoms with Gasteiger partial charge in [-0.25, -0.2) is 0 Å². The van der Waals surface area contributed by atoms with Crippen LogP contribution in [0.4, 0.5) is 0 Å². The minimum atomic E-state index is -0.153. The second-order valence-corrected chi connectivity index (χ2v) is 7.27. The molecule has 148 valence electrons. The Bertz CT molecular complexity index is 1320. The van der Waals surface area contributed by atoms with Gasteiger partial charge < -0.3 is 9.73 Å². The Morgan fingerprint density at radius 2 is 1.77 bits per heavy atom. The van der Waals surface area contributed by atoms with E-state index in [-0.39, 0.29) is 5.91 Å². The predicted octanol–water partition coefficient (Wildman–Crippen LogP) is 5.11. The van der Waals surface area contributed by atoms with Gasteiger partial charge in [0.2, 0.25) is 0 Å². The van der Waals surface area contributed by atoms with Crippen molar-refractivity contribution >= 4 is 22.5 Å². The quantitative estimate of drug-likeness (QED) is 0.407. The van der Waals surface area contributed by atoms with Crippen LogP contribution in [0.2, 0.25) is 0 Å². The lowest BCUT2D eigenvalue weighted by Gasteiger charge is -2.08. The van der Waals surface area contributed by atoms with E-state index in [4.69, 9.17) is 4.42 Å². The molecule has 5 aromatic rings. The molecule has 0 spiro atoms. The molecule has 5 heteroatoms. The van der Waals surface area contributed by atoms with Crippen molar-refractivity contribution in [1.29, 1.82) is 0 Å². The van der Waals surface area contributed by atoms with E-state index < -0.39 is 0 Å². The first-order valence-electron chi connectivity index (χ1n) is 10.1. The molecule has 0 fully saturated rings. The number of amides is 1. The summed E-state index contributed by atoms with van der Waals surface area (Å²) in [5.74, 6) is 0.257. The van der Waals surface area contributed by atoms with Crippen LogP contribution in [-0.4, -0.2) is 21.8 Å². The van der Waals surface area contributed by atoms with Crippen LogP contribution >= 0.6 is 0 Å². The van der Waals surface area contributed by atoms with Crippen molar-refractivity contribution in [1.82, 2.24) is 14.7 Å². The van der Waals surface area contributed by atoms with Crippen LogP contribution in [0, 0.1) is 0 Å². The van der Waals surface area contributed by atoms with Crippen molar-refractivity contribution in [2.75, 3.05) is 6.54 Å². The molecule has 2 aromatic heterocycles. The molecular weight excluding hydrogens is 374 g/mol. The van der Waals surface area contributed by atoms with Crippen LogP contribution < -0.4 is 5.32 Å². The Morgan fingerprint density at radius 1 is 0.967 bits per heavy atom. The number of oxazole rings is 1. The van der Waals surface area contributed by atoms with Crippen molar-refractivity contribution in [3.05, 3.63) is 96.5 Å². The number of rotatable bonds is 6. The van der Waals surface area contributed by atoms with Crippen LogP contribution in [0.3, 0.4) is 0 Å². The van der Waals surface area contributed by atoms with E-state index in [0.29, 0.717) is 23.8 Å². The fraction of sp³-hybridized carbons (Fsp3) is 0.120. The third-order valence-corrected chi connectivity index (χ3v) is 5.27. The predicted molar refractivity (Wildman–Crippen MR) is 117 cm³/mol. The number of hydrogen-bond donors (Lipinski definition) is 1. The van der Waals surface area contributed by atoms with Crippen molar-refractivity contribution in [3.63, 3.8) is 0 Å². The molecule has 5 rings (SSSR count). The third kappa shape index (κ3) is 3.46. The minimum Gasteiger partial charge on any atom is -0.432 e. The number of fused-ring (bicyclic) bond motifs is 2. The molecule has 0 radical (unpaired) electrons. The van der Waals surface area contributed by atoms with Crippen molar-refractivity contribution < 1.29 is 9.21 Å². The number of aryl methyl sites for hydroxylation is 1. The number of nitrogens with zero attached hydrogens (tertiary/aromatic N) is 2. The molecular formula is C25H21N3O2. The Labute approximate surface area is 174 Å². The highest BCUT2D eigenvalue weighted by Crippen LogP contribution is 2.28. The van der Waals surface area contributed by atoms with Gasteiger partial charge in [0.1, 0.15) is 17.7 Å². The van der Waals surface area contributed by atoms with E-state index in [0.717, 1.165) is 29.2 Å². The minimum absolute atomic E-state index is 0.153. The van der Waals surface area contributed by atoms with Crippen LogP contribution in [0.1, 0.15) is 22.5 Å². The zero-order valence-electron chi connectivity index (χ0n) is 16.4. The van der Waals surface area contributed by atoms with Gasteiger partial charge in [0.15, 0.2) is 0 Å². The van der Waals surface area contributed by atoms with E-state index in [1.54, 1.807) is 16.9 Å². The highest BCUT2D eigenvalue weighted by molar-refractivity contribution is 6.00. The molecule has 30 heavy (non-hydrogen) atoms. The fourth-order valence-electron chi connectivity index (χ4n) is 3.76. The smallest absolute Gasteiger partial charge is 0.306 e. The molecule has 0 aliphatic rings. The summed E-state index contributed by atoms with van der Waals surface area (Å²) in [6.45, 7) is 0.593. The number of benzene rings is 3. The lowest BCUT2D eigenvalue weighted by atomic mass is 10.0. The van der Waals surface area contributed by atoms with Gasteiger partial charge in [0, 0.05) is 18.3 Å². The molecule has 0 bridgehead atoms. The molecule has 1 amide bonds. The molecule has 5 nitrogen and oxygen atoms in total. The fourth-order valence-corrected chi connectivity index (χ4v) is 3.76. The zero-order valence-corrected chi connectivity index (χ0v) is 16.4. The maximum absolute atomic E-state index is 13.1. The molecule has 0 saturated carbocycles. The number of imidazole rings is 1. The maximum atomic E-state index is 13.1. The first-order valence-corrected chi connectivity index (χ1v) is 10.1. The number of aromatic nitrogens is 2. The van der Waals surface area contributed by atoms with Gasteiger partial charge in [-0.05, 0) is 35.2 Å². The maximum Gasteiger partial charge on any atom is 0.306 e. The summed E-state index contributed by atoms with van der Waals surface area (Å²) in [5.41, 5.74) is 3.28. The monoisotopic (exact) mass is 395 g/mol. The van der Waals surface area contributed by atoms with E-state index in [9.17, 15) is 4.79 Å². The highest BCUT2D eigenvalue weighted by Gasteiger charge is 2.22. The third-order valence-electron chi connectivity index (χ3n) is 5.27.